The molecular weight excluding hydrogens is 444 g/mol. The zero-order valence-electron chi connectivity index (χ0n) is 17.9. The Morgan fingerprint density at radius 1 is 1.09 bits per heavy atom. The molecule has 2 aromatic carbocycles. The molecule has 0 spiro atoms. The van der Waals surface area contributed by atoms with Crippen LogP contribution in [0.4, 0.5) is 11.4 Å². The zero-order chi connectivity index (χ0) is 24.1. The van der Waals surface area contributed by atoms with Gasteiger partial charge in [0.15, 0.2) is 11.5 Å². The van der Waals surface area contributed by atoms with E-state index < -0.39 is 17.5 Å². The third-order valence-corrected chi connectivity index (χ3v) is 4.79. The van der Waals surface area contributed by atoms with Crippen LogP contribution in [0.15, 0.2) is 62.9 Å². The average Bonchev–Trinajstić information content (AvgIpc) is 3.31. The fourth-order valence-corrected chi connectivity index (χ4v) is 3.17. The Morgan fingerprint density at radius 2 is 1.82 bits per heavy atom. The molecule has 2 heterocycles. The van der Waals surface area contributed by atoms with Crippen molar-refractivity contribution in [3.8, 4) is 11.5 Å². The van der Waals surface area contributed by atoms with E-state index in [0.717, 1.165) is 0 Å². The molecule has 1 N–H and O–H groups in total. The molecule has 4 rings (SSSR count). The van der Waals surface area contributed by atoms with Gasteiger partial charge in [-0.3, -0.25) is 4.79 Å². The molecule has 0 fully saturated rings. The van der Waals surface area contributed by atoms with E-state index in [1.807, 2.05) is 0 Å². The molecule has 0 bridgehead atoms. The van der Waals surface area contributed by atoms with Gasteiger partial charge in [-0.05, 0) is 48.5 Å². The third-order valence-electron chi connectivity index (χ3n) is 4.79. The van der Waals surface area contributed by atoms with E-state index in [-0.39, 0.29) is 36.1 Å². The summed E-state index contributed by atoms with van der Waals surface area (Å²) in [6.45, 7) is 1.71. The van der Waals surface area contributed by atoms with Gasteiger partial charge in [0.25, 0.3) is 5.91 Å². The van der Waals surface area contributed by atoms with Crippen LogP contribution in [-0.4, -0.2) is 25.3 Å². The molecule has 10 heteroatoms. The van der Waals surface area contributed by atoms with Crippen molar-refractivity contribution in [2.45, 2.75) is 6.92 Å². The van der Waals surface area contributed by atoms with Crippen molar-refractivity contribution in [1.29, 1.82) is 0 Å². The van der Waals surface area contributed by atoms with E-state index in [2.05, 4.69) is 10.5 Å². The Morgan fingerprint density at radius 3 is 2.53 bits per heavy atom. The minimum Gasteiger partial charge on any atom is -0.462 e. The number of anilines is 1. The number of benzene rings is 2. The van der Waals surface area contributed by atoms with Gasteiger partial charge in [-0.1, -0.05) is 18.2 Å². The predicted octanol–water partition coefficient (Wildman–Crippen LogP) is 4.37. The topological polar surface area (TPSA) is 134 Å². The molecule has 0 atom stereocenters. The predicted molar refractivity (Wildman–Crippen MR) is 122 cm³/mol. The highest BCUT2D eigenvalue weighted by Crippen LogP contribution is 2.39. The van der Waals surface area contributed by atoms with Gasteiger partial charge in [-0.25, -0.2) is 9.59 Å². The standard InChI is InChI=1S/C24H18N2O8/c1-2-31-23(28)16-11-18(25-22(27)14-6-4-3-5-7-14)24(29)34-19(16)9-8-15-10-20-21(33-13-32-20)12-17(15)26-30/h3-12H,2,13H2,1H3,(H,25,27)/b9-8+. The number of hydrogen-bond donors (Lipinski definition) is 1. The van der Waals surface area contributed by atoms with Crippen molar-refractivity contribution in [2.75, 3.05) is 18.7 Å². The first-order valence-corrected chi connectivity index (χ1v) is 10.2. The van der Waals surface area contributed by atoms with Crippen LogP contribution in [0.5, 0.6) is 11.5 Å². The molecule has 0 saturated heterocycles. The summed E-state index contributed by atoms with van der Waals surface area (Å²) in [5, 5.41) is 5.42. The van der Waals surface area contributed by atoms with Gasteiger partial charge >= 0.3 is 11.6 Å². The molecule has 10 nitrogen and oxygen atoms in total. The number of esters is 1. The molecule has 0 unspecified atom stereocenters. The SMILES string of the molecule is CCOC(=O)c1cc(NC(=O)c2ccccc2)c(=O)oc1/C=C/c1cc2c(cc1N=O)OCO2. The van der Waals surface area contributed by atoms with Gasteiger partial charge < -0.3 is 23.9 Å². The fourth-order valence-electron chi connectivity index (χ4n) is 3.17. The van der Waals surface area contributed by atoms with E-state index in [0.29, 0.717) is 22.6 Å². The number of hydrogen-bond acceptors (Lipinski definition) is 9. The number of nitrogens with one attached hydrogen (secondary N) is 1. The number of nitrogens with zero attached hydrogens (tertiary/aromatic N) is 1. The van der Waals surface area contributed by atoms with E-state index in [4.69, 9.17) is 18.6 Å². The highest BCUT2D eigenvalue weighted by molar-refractivity contribution is 6.05. The lowest BCUT2D eigenvalue weighted by molar-refractivity contribution is 0.0522. The van der Waals surface area contributed by atoms with E-state index >= 15 is 0 Å². The van der Waals surface area contributed by atoms with E-state index in [9.17, 15) is 19.3 Å². The largest absolute Gasteiger partial charge is 0.462 e. The summed E-state index contributed by atoms with van der Waals surface area (Å²) in [6, 6.07) is 12.4. The minimum atomic E-state index is -0.878. The van der Waals surface area contributed by atoms with Crippen LogP contribution in [0, 0.1) is 4.91 Å². The van der Waals surface area contributed by atoms with Crippen LogP contribution < -0.4 is 20.4 Å². The number of amides is 1. The summed E-state index contributed by atoms with van der Waals surface area (Å²) in [6.07, 6.45) is 2.75. The molecular formula is C24H18N2O8. The highest BCUT2D eigenvalue weighted by atomic mass is 16.7. The van der Waals surface area contributed by atoms with Gasteiger partial charge in [0, 0.05) is 17.2 Å². The van der Waals surface area contributed by atoms with Crippen molar-refractivity contribution in [1.82, 2.24) is 0 Å². The summed E-state index contributed by atoms with van der Waals surface area (Å²) < 4.78 is 20.9. The summed E-state index contributed by atoms with van der Waals surface area (Å²) in [4.78, 5) is 48.8. The minimum absolute atomic E-state index is 0.0127. The Hall–Kier alpha value is -4.73. The van der Waals surface area contributed by atoms with E-state index in [1.165, 1.54) is 30.4 Å². The number of rotatable bonds is 7. The van der Waals surface area contributed by atoms with Crippen LogP contribution in [0.25, 0.3) is 12.2 Å². The second-order valence-electron chi connectivity index (χ2n) is 6.95. The molecule has 1 amide bonds. The van der Waals surface area contributed by atoms with Crippen LogP contribution in [-0.2, 0) is 4.74 Å². The summed E-state index contributed by atoms with van der Waals surface area (Å²) in [5.41, 5.74) is -0.475. The molecule has 0 aliphatic carbocycles. The van der Waals surface area contributed by atoms with Crippen molar-refractivity contribution >= 4 is 35.4 Å². The van der Waals surface area contributed by atoms with Crippen molar-refractivity contribution < 1.29 is 28.2 Å². The summed E-state index contributed by atoms with van der Waals surface area (Å²) in [5.74, 6) is -0.647. The lowest BCUT2D eigenvalue weighted by Crippen LogP contribution is -2.20. The molecule has 0 radical (unpaired) electrons. The first-order chi connectivity index (χ1) is 16.5. The number of carbonyl (C=O) groups is 2. The highest BCUT2D eigenvalue weighted by Gasteiger charge is 2.20. The van der Waals surface area contributed by atoms with Crippen LogP contribution in [0.3, 0.4) is 0 Å². The van der Waals surface area contributed by atoms with Crippen LogP contribution in [0.1, 0.15) is 39.0 Å². The Balaban J connectivity index is 1.70. The summed E-state index contributed by atoms with van der Waals surface area (Å²) in [7, 11) is 0. The second-order valence-corrected chi connectivity index (χ2v) is 6.95. The van der Waals surface area contributed by atoms with Crippen molar-refractivity contribution in [3.05, 3.63) is 86.3 Å². The molecule has 1 aromatic heterocycles. The number of nitroso groups, excluding NO2 is 1. The molecule has 0 saturated carbocycles. The number of fused-ring (bicyclic) bond motifs is 1. The van der Waals surface area contributed by atoms with Crippen molar-refractivity contribution in [2.24, 2.45) is 5.18 Å². The monoisotopic (exact) mass is 462 g/mol. The molecule has 172 valence electrons. The Kier molecular flexibility index (Phi) is 6.49. The molecule has 1 aliphatic rings. The first kappa shape index (κ1) is 22.5. The number of carbonyl (C=O) groups excluding carboxylic acids is 2. The lowest BCUT2D eigenvalue weighted by Gasteiger charge is -2.09. The molecule has 34 heavy (non-hydrogen) atoms. The maximum Gasteiger partial charge on any atom is 0.360 e. The smallest absolute Gasteiger partial charge is 0.360 e. The Labute approximate surface area is 192 Å². The second kappa shape index (κ2) is 9.82. The quantitative estimate of drug-likeness (QED) is 0.404. The number of ether oxygens (including phenoxy) is 3. The van der Waals surface area contributed by atoms with Crippen molar-refractivity contribution in [3.63, 3.8) is 0 Å². The van der Waals surface area contributed by atoms with Gasteiger partial charge in [-0.15, -0.1) is 4.91 Å². The van der Waals surface area contributed by atoms with Gasteiger partial charge in [0.2, 0.25) is 6.79 Å². The molecule has 3 aromatic rings. The average molecular weight is 462 g/mol. The van der Waals surface area contributed by atoms with Gasteiger partial charge in [0.05, 0.1) is 6.61 Å². The third kappa shape index (κ3) is 4.70. The lowest BCUT2D eigenvalue weighted by atomic mass is 10.1. The summed E-state index contributed by atoms with van der Waals surface area (Å²) >= 11 is 0. The zero-order valence-corrected chi connectivity index (χ0v) is 17.9. The Bertz CT molecular complexity index is 1350. The maximum atomic E-state index is 12.6. The normalized spacial score (nSPS) is 11.9. The maximum absolute atomic E-state index is 12.6. The van der Waals surface area contributed by atoms with Gasteiger partial charge in [-0.2, -0.15) is 0 Å². The molecule has 1 aliphatic heterocycles. The first-order valence-electron chi connectivity index (χ1n) is 10.2. The van der Waals surface area contributed by atoms with Gasteiger partial charge in [0.1, 0.15) is 22.7 Å². The van der Waals surface area contributed by atoms with Crippen LogP contribution >= 0.6 is 0 Å². The van der Waals surface area contributed by atoms with E-state index in [1.54, 1.807) is 37.3 Å². The fraction of sp³-hybridized carbons (Fsp3) is 0.125. The van der Waals surface area contributed by atoms with Crippen LogP contribution in [0.2, 0.25) is 0 Å².